The molecule has 0 aromatic heterocycles. The Morgan fingerprint density at radius 3 is 1.88 bits per heavy atom. The zero-order valence-corrected chi connectivity index (χ0v) is 17.7. The number of carbonyl (C=O) groups excluding carboxylic acids is 1. The molecule has 2 rings (SSSR count). The Bertz CT molecular complexity index is 1020. The molecule has 4 nitrogen and oxygen atoms in total. The molecule has 0 spiro atoms. The molecule has 12 heteroatoms. The maximum Gasteiger partial charge on any atom is 0.430 e. The van der Waals surface area contributed by atoms with Gasteiger partial charge in [0.05, 0.1) is 12.7 Å². The topological polar surface area (TPSA) is 49.8 Å². The van der Waals surface area contributed by atoms with Crippen molar-refractivity contribution >= 4 is 5.91 Å². The van der Waals surface area contributed by atoms with Gasteiger partial charge >= 0.3 is 12.4 Å². The van der Waals surface area contributed by atoms with E-state index in [1.165, 1.54) is 13.8 Å². The summed E-state index contributed by atoms with van der Waals surface area (Å²) in [7, 11) is 2.28. The van der Waals surface area contributed by atoms with Gasteiger partial charge in [0, 0.05) is 23.7 Å². The molecule has 0 bridgehead atoms. The van der Waals surface area contributed by atoms with Crippen molar-refractivity contribution in [3.8, 4) is 11.1 Å². The SMILES string of the molecule is CON(C)C(=O)c1cc(F)c(-c2ccc(C(O)(C(F)(F)F)C(F)(F)F)cc2)c(C(C)C)c1F. The maximum atomic E-state index is 15.2. The van der Waals surface area contributed by atoms with E-state index in [0.29, 0.717) is 35.4 Å². The van der Waals surface area contributed by atoms with Gasteiger partial charge in [0.15, 0.2) is 0 Å². The molecule has 0 aliphatic rings. The highest BCUT2D eigenvalue weighted by Crippen LogP contribution is 2.50. The quantitative estimate of drug-likeness (QED) is 0.437. The molecule has 182 valence electrons. The van der Waals surface area contributed by atoms with Crippen molar-refractivity contribution in [3.05, 3.63) is 58.7 Å². The molecule has 0 aliphatic carbocycles. The molecule has 33 heavy (non-hydrogen) atoms. The second kappa shape index (κ2) is 8.90. The van der Waals surface area contributed by atoms with Crippen molar-refractivity contribution in [2.75, 3.05) is 14.2 Å². The standard InChI is InChI=1S/C21H19F8NO3/c1-10(2)15-16(14(22)9-13(17(15)23)18(31)30(3)33-4)11-5-7-12(8-6-11)19(32,20(24,25)26)21(27,28)29/h5-10,32H,1-4H3. The second-order valence-electron chi connectivity index (χ2n) is 7.43. The fourth-order valence-corrected chi connectivity index (χ4v) is 3.26. The lowest BCUT2D eigenvalue weighted by atomic mass is 9.87. The minimum atomic E-state index is -6.09. The number of nitrogens with zero attached hydrogens (tertiary/aromatic N) is 1. The van der Waals surface area contributed by atoms with Crippen LogP contribution in [0.4, 0.5) is 35.1 Å². The van der Waals surface area contributed by atoms with Crippen molar-refractivity contribution in [1.82, 2.24) is 5.06 Å². The van der Waals surface area contributed by atoms with Crippen LogP contribution in [0.5, 0.6) is 0 Å². The van der Waals surface area contributed by atoms with Gasteiger partial charge in [0.1, 0.15) is 11.6 Å². The number of hydrogen-bond acceptors (Lipinski definition) is 3. The van der Waals surface area contributed by atoms with Gasteiger partial charge < -0.3 is 5.11 Å². The van der Waals surface area contributed by atoms with Crippen molar-refractivity contribution in [1.29, 1.82) is 0 Å². The van der Waals surface area contributed by atoms with E-state index in [-0.39, 0.29) is 11.1 Å². The number of aliphatic hydroxyl groups is 1. The average Bonchev–Trinajstić information content (AvgIpc) is 2.71. The number of carbonyl (C=O) groups is 1. The van der Waals surface area contributed by atoms with Crippen LogP contribution in [0.3, 0.4) is 0 Å². The van der Waals surface area contributed by atoms with E-state index in [1.807, 2.05) is 0 Å². The van der Waals surface area contributed by atoms with Gasteiger partial charge in [0.25, 0.3) is 11.5 Å². The van der Waals surface area contributed by atoms with Crippen LogP contribution in [-0.4, -0.2) is 42.6 Å². The lowest BCUT2D eigenvalue weighted by Gasteiger charge is -2.32. The van der Waals surface area contributed by atoms with Crippen LogP contribution in [0, 0.1) is 11.6 Å². The number of rotatable bonds is 5. The number of alkyl halides is 6. The number of halogens is 8. The lowest BCUT2D eigenvalue weighted by Crippen LogP contribution is -2.53. The molecule has 0 saturated carbocycles. The summed E-state index contributed by atoms with van der Waals surface area (Å²) in [5.74, 6) is -4.01. The molecule has 0 aliphatic heterocycles. The third-order valence-electron chi connectivity index (χ3n) is 5.03. The number of hydrogen-bond donors (Lipinski definition) is 1. The predicted molar refractivity (Wildman–Crippen MR) is 101 cm³/mol. The Labute approximate surface area is 183 Å². The summed E-state index contributed by atoms with van der Waals surface area (Å²) in [5, 5.41) is 10.1. The Morgan fingerprint density at radius 2 is 1.48 bits per heavy atom. The van der Waals surface area contributed by atoms with Crippen LogP contribution in [-0.2, 0) is 10.4 Å². The summed E-state index contributed by atoms with van der Waals surface area (Å²) in [6.45, 7) is 2.91. The molecule has 0 radical (unpaired) electrons. The second-order valence-corrected chi connectivity index (χ2v) is 7.43. The third-order valence-corrected chi connectivity index (χ3v) is 5.03. The van der Waals surface area contributed by atoms with Crippen LogP contribution in [0.2, 0.25) is 0 Å². The maximum absolute atomic E-state index is 15.2. The molecule has 0 heterocycles. The van der Waals surface area contributed by atoms with E-state index < -0.39 is 58.1 Å². The number of hydroxylamine groups is 2. The summed E-state index contributed by atoms with van der Waals surface area (Å²) in [6.07, 6.45) is -12.2. The van der Waals surface area contributed by atoms with E-state index in [2.05, 4.69) is 4.84 Å². The minimum absolute atomic E-state index is 0.260. The fraction of sp³-hybridized carbons (Fsp3) is 0.381. The van der Waals surface area contributed by atoms with Gasteiger partial charge in [0.2, 0.25) is 0 Å². The molecule has 0 unspecified atom stereocenters. The molecule has 1 N–H and O–H groups in total. The molecule has 2 aromatic rings. The van der Waals surface area contributed by atoms with Crippen molar-refractivity contribution in [3.63, 3.8) is 0 Å². The largest absolute Gasteiger partial charge is 0.430 e. The highest BCUT2D eigenvalue weighted by Gasteiger charge is 2.71. The summed E-state index contributed by atoms with van der Waals surface area (Å²) >= 11 is 0. The Kier molecular flexibility index (Phi) is 7.15. The number of amides is 1. The average molecular weight is 485 g/mol. The third kappa shape index (κ3) is 4.54. The van der Waals surface area contributed by atoms with Crippen molar-refractivity contribution < 1.29 is 49.9 Å². The highest BCUT2D eigenvalue weighted by atomic mass is 19.4. The van der Waals surface area contributed by atoms with Gasteiger partial charge in [-0.2, -0.15) is 26.3 Å². The van der Waals surface area contributed by atoms with Crippen LogP contribution >= 0.6 is 0 Å². The Balaban J connectivity index is 2.72. The molecular formula is C21H19F8NO3. The van der Waals surface area contributed by atoms with Gasteiger partial charge in [-0.05, 0) is 17.5 Å². The lowest BCUT2D eigenvalue weighted by molar-refractivity contribution is -0.376. The first-order valence-corrected chi connectivity index (χ1v) is 9.29. The van der Waals surface area contributed by atoms with E-state index >= 15 is 4.39 Å². The Hall–Kier alpha value is -2.73. The van der Waals surface area contributed by atoms with E-state index in [4.69, 9.17) is 0 Å². The molecule has 2 aromatic carbocycles. The van der Waals surface area contributed by atoms with Gasteiger partial charge in [-0.25, -0.2) is 13.8 Å². The van der Waals surface area contributed by atoms with Crippen molar-refractivity contribution in [2.45, 2.75) is 37.7 Å². The molecule has 0 atom stereocenters. The first-order valence-electron chi connectivity index (χ1n) is 9.29. The molecule has 0 saturated heterocycles. The van der Waals surface area contributed by atoms with Gasteiger partial charge in [-0.15, -0.1) is 0 Å². The van der Waals surface area contributed by atoms with E-state index in [1.54, 1.807) is 0 Å². The normalized spacial score (nSPS) is 12.9. The highest BCUT2D eigenvalue weighted by molar-refractivity contribution is 5.95. The first kappa shape index (κ1) is 26.5. The van der Waals surface area contributed by atoms with Gasteiger partial charge in [-0.3, -0.25) is 9.63 Å². The van der Waals surface area contributed by atoms with Crippen molar-refractivity contribution in [2.24, 2.45) is 0 Å². The Morgan fingerprint density at radius 1 is 1.00 bits per heavy atom. The van der Waals surface area contributed by atoms with Crippen LogP contribution in [0.25, 0.3) is 11.1 Å². The van der Waals surface area contributed by atoms with Crippen LogP contribution in [0.15, 0.2) is 30.3 Å². The zero-order chi connectivity index (χ0) is 25.5. The van der Waals surface area contributed by atoms with E-state index in [0.717, 1.165) is 14.2 Å². The summed E-state index contributed by atoms with van der Waals surface area (Å²) in [6, 6.07) is 2.61. The molecule has 0 fully saturated rings. The smallest absolute Gasteiger partial charge is 0.369 e. The monoisotopic (exact) mass is 485 g/mol. The van der Waals surface area contributed by atoms with Crippen LogP contribution in [0.1, 0.15) is 41.3 Å². The zero-order valence-electron chi connectivity index (χ0n) is 17.7. The summed E-state index contributed by atoms with van der Waals surface area (Å²) in [4.78, 5) is 16.9. The summed E-state index contributed by atoms with van der Waals surface area (Å²) in [5.41, 5.74) is -8.42. The van der Waals surface area contributed by atoms with Gasteiger partial charge in [-0.1, -0.05) is 38.1 Å². The first-order chi connectivity index (χ1) is 15.0. The molecule has 1 amide bonds. The predicted octanol–water partition coefficient (Wildman–Crippen LogP) is 5.70. The fourth-order valence-electron chi connectivity index (χ4n) is 3.26. The minimum Gasteiger partial charge on any atom is -0.369 e. The van der Waals surface area contributed by atoms with E-state index in [9.17, 15) is 40.6 Å². The molecular weight excluding hydrogens is 466 g/mol. The number of benzene rings is 2. The summed E-state index contributed by atoms with van der Waals surface area (Å²) < 4.78 is 109. The van der Waals surface area contributed by atoms with Crippen LogP contribution < -0.4 is 0 Å².